The van der Waals surface area contributed by atoms with Crippen LogP contribution in [0, 0.1) is 11.7 Å². The SMILES string of the molecule is C[C@H](C(=O)Nc1ccc(S(=O)(=O)NC(=O)C2CCCC2)cc1)n1ccc2c(F)cccc21. The van der Waals surface area contributed by atoms with Crippen LogP contribution in [0.15, 0.2) is 59.6 Å². The molecule has 0 saturated heterocycles. The summed E-state index contributed by atoms with van der Waals surface area (Å²) in [6, 6.07) is 11.3. The van der Waals surface area contributed by atoms with Crippen LogP contribution in [-0.2, 0) is 19.6 Å². The highest BCUT2D eigenvalue weighted by Crippen LogP contribution is 2.26. The van der Waals surface area contributed by atoms with E-state index in [4.69, 9.17) is 0 Å². The molecule has 7 nitrogen and oxygen atoms in total. The monoisotopic (exact) mass is 457 g/mol. The summed E-state index contributed by atoms with van der Waals surface area (Å²) >= 11 is 0. The number of rotatable bonds is 6. The van der Waals surface area contributed by atoms with Gasteiger partial charge in [0.1, 0.15) is 11.9 Å². The molecule has 4 rings (SSSR count). The van der Waals surface area contributed by atoms with Crippen LogP contribution in [0.1, 0.15) is 38.6 Å². The number of fused-ring (bicyclic) bond motifs is 1. The average molecular weight is 458 g/mol. The van der Waals surface area contributed by atoms with Crippen LogP contribution in [0.2, 0.25) is 0 Å². The molecule has 2 amide bonds. The number of benzene rings is 2. The molecule has 0 bridgehead atoms. The van der Waals surface area contributed by atoms with Crippen molar-refractivity contribution in [3.63, 3.8) is 0 Å². The van der Waals surface area contributed by atoms with Crippen LogP contribution < -0.4 is 10.0 Å². The lowest BCUT2D eigenvalue weighted by molar-refractivity contribution is -0.123. The number of carbonyl (C=O) groups is 2. The standard InChI is InChI=1S/C23H24FN3O4S/c1-15(27-14-13-19-20(24)7-4-8-21(19)27)22(28)25-17-9-11-18(12-10-17)32(30,31)26-23(29)16-5-2-3-6-16/h4,7-16H,2-3,5-6H2,1H3,(H,25,28)(H,26,29)/t15-/m1/s1. The van der Waals surface area contributed by atoms with Gasteiger partial charge in [-0.05, 0) is 62.2 Å². The molecule has 1 heterocycles. The first-order chi connectivity index (χ1) is 15.3. The van der Waals surface area contributed by atoms with Crippen LogP contribution in [0.3, 0.4) is 0 Å². The molecule has 0 spiro atoms. The molecule has 1 aliphatic rings. The lowest BCUT2D eigenvalue weighted by Gasteiger charge is -2.16. The summed E-state index contributed by atoms with van der Waals surface area (Å²) in [5.74, 6) is -1.42. The molecule has 0 aliphatic heterocycles. The lowest BCUT2D eigenvalue weighted by Crippen LogP contribution is -2.34. The number of nitrogens with one attached hydrogen (secondary N) is 2. The van der Waals surface area contributed by atoms with E-state index in [1.807, 2.05) is 0 Å². The number of aromatic nitrogens is 1. The number of carbonyl (C=O) groups excluding carboxylic acids is 2. The topological polar surface area (TPSA) is 97.3 Å². The van der Waals surface area contributed by atoms with Crippen molar-refractivity contribution in [2.24, 2.45) is 5.92 Å². The van der Waals surface area contributed by atoms with Crippen molar-refractivity contribution in [3.05, 3.63) is 60.5 Å². The fourth-order valence-electron chi connectivity index (χ4n) is 4.04. The second-order valence-corrected chi connectivity index (χ2v) is 9.72. The summed E-state index contributed by atoms with van der Waals surface area (Å²) < 4.78 is 42.7. The van der Waals surface area contributed by atoms with Gasteiger partial charge in [-0.25, -0.2) is 17.5 Å². The first-order valence-electron chi connectivity index (χ1n) is 10.5. The predicted octanol–water partition coefficient (Wildman–Crippen LogP) is 3.98. The number of hydrogen-bond acceptors (Lipinski definition) is 4. The van der Waals surface area contributed by atoms with E-state index < -0.39 is 22.0 Å². The van der Waals surface area contributed by atoms with Gasteiger partial charge in [0.2, 0.25) is 11.8 Å². The Kier molecular flexibility index (Phi) is 6.01. The highest BCUT2D eigenvalue weighted by molar-refractivity contribution is 7.90. The molecule has 2 aromatic carbocycles. The van der Waals surface area contributed by atoms with Crippen LogP contribution in [0.4, 0.5) is 10.1 Å². The summed E-state index contributed by atoms with van der Waals surface area (Å²) in [6.45, 7) is 1.69. The molecule has 1 aromatic heterocycles. The number of nitrogens with zero attached hydrogens (tertiary/aromatic N) is 1. The zero-order valence-corrected chi connectivity index (χ0v) is 18.4. The first-order valence-corrected chi connectivity index (χ1v) is 12.0. The van der Waals surface area contributed by atoms with E-state index in [1.54, 1.807) is 35.9 Å². The minimum atomic E-state index is -3.97. The van der Waals surface area contributed by atoms with Gasteiger partial charge in [0, 0.05) is 23.2 Å². The van der Waals surface area contributed by atoms with E-state index in [-0.39, 0.29) is 22.5 Å². The van der Waals surface area contributed by atoms with Gasteiger partial charge in [-0.1, -0.05) is 18.9 Å². The fraction of sp³-hybridized carbons (Fsp3) is 0.304. The zero-order valence-electron chi connectivity index (χ0n) is 17.5. The predicted molar refractivity (Wildman–Crippen MR) is 119 cm³/mol. The lowest BCUT2D eigenvalue weighted by atomic mass is 10.1. The highest BCUT2D eigenvalue weighted by Gasteiger charge is 2.27. The van der Waals surface area contributed by atoms with E-state index in [2.05, 4.69) is 10.0 Å². The third-order valence-electron chi connectivity index (χ3n) is 5.90. The third-order valence-corrected chi connectivity index (χ3v) is 7.26. The van der Waals surface area contributed by atoms with Gasteiger partial charge in [0.15, 0.2) is 0 Å². The van der Waals surface area contributed by atoms with Crippen LogP contribution in [0.25, 0.3) is 10.9 Å². The van der Waals surface area contributed by atoms with E-state index in [9.17, 15) is 22.4 Å². The molecule has 32 heavy (non-hydrogen) atoms. The van der Waals surface area contributed by atoms with Gasteiger partial charge < -0.3 is 9.88 Å². The molecule has 3 aromatic rings. The second-order valence-electron chi connectivity index (χ2n) is 8.04. The summed E-state index contributed by atoms with van der Waals surface area (Å²) in [5.41, 5.74) is 1.01. The molecule has 1 atom stereocenters. The van der Waals surface area contributed by atoms with Crippen molar-refractivity contribution in [3.8, 4) is 0 Å². The van der Waals surface area contributed by atoms with E-state index >= 15 is 0 Å². The molecule has 0 unspecified atom stereocenters. The molecular formula is C23H24FN3O4S. The number of halogens is 1. The molecule has 1 saturated carbocycles. The van der Waals surface area contributed by atoms with Gasteiger partial charge in [-0.15, -0.1) is 0 Å². The van der Waals surface area contributed by atoms with Gasteiger partial charge >= 0.3 is 0 Å². The average Bonchev–Trinajstić information content (AvgIpc) is 3.44. The smallest absolute Gasteiger partial charge is 0.264 e. The van der Waals surface area contributed by atoms with Crippen molar-refractivity contribution in [1.82, 2.24) is 9.29 Å². The summed E-state index contributed by atoms with van der Waals surface area (Å²) in [6.07, 6.45) is 4.92. The number of anilines is 1. The minimum absolute atomic E-state index is 0.0539. The van der Waals surface area contributed by atoms with Crippen molar-refractivity contribution >= 4 is 38.4 Å². The van der Waals surface area contributed by atoms with Crippen LogP contribution >= 0.6 is 0 Å². The molecule has 1 aliphatic carbocycles. The quantitative estimate of drug-likeness (QED) is 0.585. The van der Waals surface area contributed by atoms with Crippen molar-refractivity contribution in [1.29, 1.82) is 0 Å². The molecule has 168 valence electrons. The molecule has 2 N–H and O–H groups in total. The van der Waals surface area contributed by atoms with Gasteiger partial charge in [-0.3, -0.25) is 9.59 Å². The normalized spacial score (nSPS) is 15.6. The Labute approximate surface area is 185 Å². The number of amides is 2. The Balaban J connectivity index is 1.44. The molecule has 9 heteroatoms. The Morgan fingerprint density at radius 3 is 2.44 bits per heavy atom. The van der Waals surface area contributed by atoms with Crippen molar-refractivity contribution in [2.45, 2.75) is 43.5 Å². The minimum Gasteiger partial charge on any atom is -0.335 e. The van der Waals surface area contributed by atoms with Crippen molar-refractivity contribution < 1.29 is 22.4 Å². The first kappa shape index (κ1) is 22.0. The maximum absolute atomic E-state index is 13.9. The third kappa shape index (κ3) is 4.38. The second kappa shape index (κ2) is 8.74. The number of sulfonamides is 1. The van der Waals surface area contributed by atoms with E-state index in [1.165, 1.54) is 30.3 Å². The Morgan fingerprint density at radius 1 is 1.06 bits per heavy atom. The van der Waals surface area contributed by atoms with Crippen molar-refractivity contribution in [2.75, 3.05) is 5.32 Å². The maximum Gasteiger partial charge on any atom is 0.264 e. The molecular weight excluding hydrogens is 433 g/mol. The fourth-order valence-corrected chi connectivity index (χ4v) is 5.09. The molecule has 1 fully saturated rings. The van der Waals surface area contributed by atoms with E-state index in [0.29, 0.717) is 29.4 Å². The highest BCUT2D eigenvalue weighted by atomic mass is 32.2. The largest absolute Gasteiger partial charge is 0.335 e. The van der Waals surface area contributed by atoms with E-state index in [0.717, 1.165) is 12.8 Å². The molecule has 0 radical (unpaired) electrons. The summed E-state index contributed by atoms with van der Waals surface area (Å²) in [4.78, 5) is 24.8. The van der Waals surface area contributed by atoms with Gasteiger partial charge in [0.25, 0.3) is 10.0 Å². The van der Waals surface area contributed by atoms with Crippen LogP contribution in [-0.4, -0.2) is 24.8 Å². The van der Waals surface area contributed by atoms with Gasteiger partial charge in [0.05, 0.1) is 10.4 Å². The maximum atomic E-state index is 13.9. The summed E-state index contributed by atoms with van der Waals surface area (Å²) in [5, 5.41) is 3.17. The zero-order chi connectivity index (χ0) is 22.9. The Morgan fingerprint density at radius 2 is 1.75 bits per heavy atom. The number of hydrogen-bond donors (Lipinski definition) is 2. The Bertz CT molecular complexity index is 1260. The van der Waals surface area contributed by atoms with Gasteiger partial charge in [-0.2, -0.15) is 0 Å². The van der Waals surface area contributed by atoms with Crippen LogP contribution in [0.5, 0.6) is 0 Å². The summed E-state index contributed by atoms with van der Waals surface area (Å²) in [7, 11) is -3.97. The Hall–Kier alpha value is -3.20.